The lowest BCUT2D eigenvalue weighted by Gasteiger charge is -2.32. The lowest BCUT2D eigenvalue weighted by atomic mass is 9.88. The van der Waals surface area contributed by atoms with Crippen molar-refractivity contribution in [1.29, 1.82) is 0 Å². The zero-order chi connectivity index (χ0) is 15.4. The first-order chi connectivity index (χ1) is 10.7. The number of carbonyl (C=O) groups is 1. The molecule has 1 aliphatic heterocycles. The minimum absolute atomic E-state index is 0. The van der Waals surface area contributed by atoms with E-state index < -0.39 is 5.97 Å². The molecule has 0 unspecified atom stereocenters. The highest BCUT2D eigenvalue weighted by Gasteiger charge is 2.21. The van der Waals surface area contributed by atoms with Crippen LogP contribution in [0.15, 0.2) is 54.6 Å². The number of benzene rings is 2. The summed E-state index contributed by atoms with van der Waals surface area (Å²) >= 11 is 0. The molecule has 0 aliphatic carbocycles. The first-order valence-corrected chi connectivity index (χ1v) is 7.82. The van der Waals surface area contributed by atoms with Crippen molar-refractivity contribution in [3.05, 3.63) is 71.3 Å². The van der Waals surface area contributed by atoms with Crippen molar-refractivity contribution in [3.63, 3.8) is 0 Å². The predicted molar refractivity (Wildman–Crippen MR) is 94.3 cm³/mol. The van der Waals surface area contributed by atoms with E-state index in [2.05, 4.69) is 35.2 Å². The molecule has 0 radical (unpaired) electrons. The third kappa shape index (κ3) is 4.57. The van der Waals surface area contributed by atoms with Gasteiger partial charge in [0, 0.05) is 6.54 Å². The van der Waals surface area contributed by atoms with Crippen molar-refractivity contribution >= 4 is 18.4 Å². The maximum atomic E-state index is 11.1. The van der Waals surface area contributed by atoms with Crippen molar-refractivity contribution < 1.29 is 9.90 Å². The van der Waals surface area contributed by atoms with Crippen LogP contribution >= 0.6 is 12.4 Å². The molecule has 0 aromatic heterocycles. The molecular formula is C19H22ClNO2. The maximum absolute atomic E-state index is 11.1. The minimum atomic E-state index is -0.844. The molecule has 4 heteroatoms. The van der Waals surface area contributed by atoms with Gasteiger partial charge < -0.3 is 5.11 Å². The molecular weight excluding hydrogens is 310 g/mol. The van der Waals surface area contributed by atoms with Crippen LogP contribution < -0.4 is 0 Å². The van der Waals surface area contributed by atoms with E-state index in [0.717, 1.165) is 32.5 Å². The molecule has 1 heterocycles. The van der Waals surface area contributed by atoms with Crippen molar-refractivity contribution in [1.82, 2.24) is 4.90 Å². The third-order valence-corrected chi connectivity index (χ3v) is 4.44. The van der Waals surface area contributed by atoms with Crippen LogP contribution in [0.2, 0.25) is 0 Å². The molecule has 1 saturated heterocycles. The molecule has 0 bridgehead atoms. The van der Waals surface area contributed by atoms with Gasteiger partial charge in [0.1, 0.15) is 0 Å². The second-order valence-electron chi connectivity index (χ2n) is 5.97. The predicted octanol–water partition coefficient (Wildman–Crippen LogP) is 4.19. The summed E-state index contributed by atoms with van der Waals surface area (Å²) in [6, 6.07) is 18.0. The normalized spacial score (nSPS) is 15.8. The van der Waals surface area contributed by atoms with Crippen LogP contribution in [0.25, 0.3) is 0 Å². The Morgan fingerprint density at radius 2 is 1.74 bits per heavy atom. The molecule has 23 heavy (non-hydrogen) atoms. The molecule has 3 nitrogen and oxygen atoms in total. The highest BCUT2D eigenvalue weighted by molar-refractivity contribution is 5.87. The summed E-state index contributed by atoms with van der Waals surface area (Å²) in [5, 5.41) is 9.11. The smallest absolute Gasteiger partial charge is 0.335 e. The van der Waals surface area contributed by atoms with Gasteiger partial charge in [-0.3, -0.25) is 4.90 Å². The van der Waals surface area contributed by atoms with Gasteiger partial charge in [-0.25, -0.2) is 4.79 Å². The van der Waals surface area contributed by atoms with E-state index in [4.69, 9.17) is 5.11 Å². The molecule has 0 amide bonds. The van der Waals surface area contributed by atoms with Crippen LogP contribution in [0.1, 0.15) is 40.2 Å². The summed E-state index contributed by atoms with van der Waals surface area (Å²) in [7, 11) is 0. The quantitative estimate of drug-likeness (QED) is 0.913. The molecule has 1 N–H and O–H groups in total. The number of nitrogens with zero attached hydrogens (tertiary/aromatic N) is 1. The Kier molecular flexibility index (Phi) is 6.20. The fraction of sp³-hybridized carbons (Fsp3) is 0.316. The van der Waals surface area contributed by atoms with E-state index in [1.807, 2.05) is 18.2 Å². The lowest BCUT2D eigenvalue weighted by Crippen LogP contribution is -2.32. The van der Waals surface area contributed by atoms with E-state index in [1.54, 1.807) is 6.07 Å². The van der Waals surface area contributed by atoms with Crippen LogP contribution in [-0.4, -0.2) is 29.1 Å². The van der Waals surface area contributed by atoms with Gasteiger partial charge in [-0.2, -0.15) is 0 Å². The van der Waals surface area contributed by atoms with E-state index >= 15 is 0 Å². The SMILES string of the molecule is Cl.O=C(O)c1cccc(C2CCN(Cc3ccccc3)CC2)c1. The van der Waals surface area contributed by atoms with Gasteiger partial charge in [-0.1, -0.05) is 42.5 Å². The summed E-state index contributed by atoms with van der Waals surface area (Å²) in [5.41, 5.74) is 2.91. The second kappa shape index (κ2) is 8.14. The number of carboxylic acid groups (broad SMARTS) is 1. The van der Waals surface area contributed by atoms with Crippen molar-refractivity contribution in [2.24, 2.45) is 0 Å². The number of piperidine rings is 1. The Morgan fingerprint density at radius 1 is 1.04 bits per heavy atom. The molecule has 0 saturated carbocycles. The Labute approximate surface area is 143 Å². The van der Waals surface area contributed by atoms with Crippen LogP contribution in [-0.2, 0) is 6.54 Å². The van der Waals surface area contributed by atoms with Gasteiger partial charge in [0.25, 0.3) is 0 Å². The molecule has 1 aliphatic rings. The van der Waals surface area contributed by atoms with E-state index in [-0.39, 0.29) is 12.4 Å². The number of hydrogen-bond donors (Lipinski definition) is 1. The second-order valence-corrected chi connectivity index (χ2v) is 5.97. The van der Waals surface area contributed by atoms with Gasteiger partial charge in [-0.05, 0) is 55.1 Å². The fourth-order valence-corrected chi connectivity index (χ4v) is 3.19. The first-order valence-electron chi connectivity index (χ1n) is 7.82. The number of carboxylic acids is 1. The summed E-state index contributed by atoms with van der Waals surface area (Å²) in [5.74, 6) is -0.366. The van der Waals surface area contributed by atoms with Crippen LogP contribution in [0.4, 0.5) is 0 Å². The molecule has 0 spiro atoms. The van der Waals surface area contributed by atoms with Crippen LogP contribution in [0, 0.1) is 0 Å². The molecule has 0 atom stereocenters. The van der Waals surface area contributed by atoms with Gasteiger partial charge >= 0.3 is 5.97 Å². The first kappa shape index (κ1) is 17.5. The number of aromatic carboxylic acids is 1. The minimum Gasteiger partial charge on any atom is -0.478 e. The summed E-state index contributed by atoms with van der Waals surface area (Å²) in [6.07, 6.45) is 2.19. The van der Waals surface area contributed by atoms with Gasteiger partial charge in [0.05, 0.1) is 5.56 Å². The van der Waals surface area contributed by atoms with Crippen molar-refractivity contribution in [2.45, 2.75) is 25.3 Å². The van der Waals surface area contributed by atoms with Crippen LogP contribution in [0.3, 0.4) is 0 Å². The van der Waals surface area contributed by atoms with Crippen molar-refractivity contribution in [3.8, 4) is 0 Å². The average Bonchev–Trinajstić information content (AvgIpc) is 2.56. The van der Waals surface area contributed by atoms with E-state index in [1.165, 1.54) is 11.1 Å². The average molecular weight is 332 g/mol. The number of rotatable bonds is 4. The zero-order valence-corrected chi connectivity index (χ0v) is 13.8. The molecule has 122 valence electrons. The van der Waals surface area contributed by atoms with Gasteiger partial charge in [0.15, 0.2) is 0 Å². The monoisotopic (exact) mass is 331 g/mol. The Bertz CT molecular complexity index is 637. The Balaban J connectivity index is 0.00000192. The molecule has 1 fully saturated rings. The van der Waals surface area contributed by atoms with Crippen molar-refractivity contribution in [2.75, 3.05) is 13.1 Å². The Hall–Kier alpha value is -1.84. The lowest BCUT2D eigenvalue weighted by molar-refractivity contribution is 0.0696. The molecule has 2 aromatic carbocycles. The third-order valence-electron chi connectivity index (χ3n) is 4.44. The zero-order valence-electron chi connectivity index (χ0n) is 13.0. The maximum Gasteiger partial charge on any atom is 0.335 e. The summed E-state index contributed by atoms with van der Waals surface area (Å²) in [4.78, 5) is 13.6. The topological polar surface area (TPSA) is 40.5 Å². The van der Waals surface area contributed by atoms with Gasteiger partial charge in [-0.15, -0.1) is 12.4 Å². The summed E-state index contributed by atoms with van der Waals surface area (Å²) < 4.78 is 0. The molecule has 3 rings (SSSR count). The van der Waals surface area contributed by atoms with Gasteiger partial charge in [0.2, 0.25) is 0 Å². The summed E-state index contributed by atoms with van der Waals surface area (Å²) in [6.45, 7) is 3.14. The van der Waals surface area contributed by atoms with E-state index in [9.17, 15) is 4.79 Å². The fourth-order valence-electron chi connectivity index (χ4n) is 3.19. The van der Waals surface area contributed by atoms with Crippen LogP contribution in [0.5, 0.6) is 0 Å². The Morgan fingerprint density at radius 3 is 2.39 bits per heavy atom. The largest absolute Gasteiger partial charge is 0.478 e. The van der Waals surface area contributed by atoms with E-state index in [0.29, 0.717) is 11.5 Å². The number of hydrogen-bond acceptors (Lipinski definition) is 2. The standard InChI is InChI=1S/C19H21NO2.ClH/c21-19(22)18-8-4-7-17(13-18)16-9-11-20(12-10-16)14-15-5-2-1-3-6-15;/h1-8,13,16H,9-12,14H2,(H,21,22);1H. The highest BCUT2D eigenvalue weighted by Crippen LogP contribution is 2.29. The number of likely N-dealkylation sites (tertiary alicyclic amines) is 1. The highest BCUT2D eigenvalue weighted by atomic mass is 35.5. The molecule has 2 aromatic rings. The number of halogens is 1.